The number of methoxy groups -OCH3 is 1. The summed E-state index contributed by atoms with van der Waals surface area (Å²) in [6.45, 7) is 2.63. The lowest BCUT2D eigenvalue weighted by molar-refractivity contribution is 0.181. The van der Waals surface area contributed by atoms with E-state index in [0.717, 1.165) is 29.4 Å². The van der Waals surface area contributed by atoms with Crippen LogP contribution in [0.1, 0.15) is 24.9 Å². The van der Waals surface area contributed by atoms with E-state index in [4.69, 9.17) is 10.6 Å². The predicted molar refractivity (Wildman–Crippen MR) is 67.0 cm³/mol. The minimum absolute atomic E-state index is 0.475. The maximum Gasteiger partial charge on any atom is 0.144 e. The molecule has 1 aromatic rings. The predicted octanol–water partition coefficient (Wildman–Crippen LogP) is 1.55. The Kier molecular flexibility index (Phi) is 6.14. The Bertz CT molecular complexity index is 322. The first-order chi connectivity index (χ1) is 7.80. The molecule has 0 saturated carbocycles. The van der Waals surface area contributed by atoms with Crippen LogP contribution in [0.2, 0.25) is 0 Å². The largest absolute Gasteiger partial charge is 0.378 e. The molecule has 0 fully saturated rings. The number of hydrazine groups is 1. The number of nitrogens with zero attached hydrogens (tertiary/aromatic N) is 2. The average Bonchev–Trinajstić information content (AvgIpc) is 2.29. The van der Waals surface area contributed by atoms with Crippen molar-refractivity contribution in [2.24, 2.45) is 5.84 Å². The van der Waals surface area contributed by atoms with Crippen molar-refractivity contribution in [3.63, 3.8) is 0 Å². The summed E-state index contributed by atoms with van der Waals surface area (Å²) in [7, 11) is 1.64. The molecular formula is C10H18N4OS. The fourth-order valence-electron chi connectivity index (χ4n) is 1.22. The fraction of sp³-hybridized carbons (Fsp3) is 0.600. The van der Waals surface area contributed by atoms with Gasteiger partial charge in [-0.2, -0.15) is 11.8 Å². The smallest absolute Gasteiger partial charge is 0.144 e. The van der Waals surface area contributed by atoms with Crippen molar-refractivity contribution >= 4 is 17.6 Å². The van der Waals surface area contributed by atoms with E-state index in [-0.39, 0.29) is 0 Å². The first-order valence-corrected chi connectivity index (χ1v) is 6.35. The van der Waals surface area contributed by atoms with Crippen molar-refractivity contribution in [3.05, 3.63) is 17.6 Å². The zero-order valence-electron chi connectivity index (χ0n) is 9.69. The second-order valence-corrected chi connectivity index (χ2v) is 4.40. The van der Waals surface area contributed by atoms with Gasteiger partial charge < -0.3 is 10.2 Å². The van der Waals surface area contributed by atoms with Crippen LogP contribution in [0.4, 0.5) is 5.82 Å². The van der Waals surface area contributed by atoms with Gasteiger partial charge in [0.15, 0.2) is 0 Å². The van der Waals surface area contributed by atoms with Gasteiger partial charge in [-0.3, -0.25) is 0 Å². The highest BCUT2D eigenvalue weighted by Gasteiger charge is 2.03. The van der Waals surface area contributed by atoms with Gasteiger partial charge in [0.05, 0.1) is 18.1 Å². The average molecular weight is 242 g/mol. The van der Waals surface area contributed by atoms with Crippen LogP contribution in [-0.4, -0.2) is 22.8 Å². The standard InChI is InChI=1S/C10H18N4OS/c1-3-4-16-7-10-12-8(6-15-2)5-9(13-10)14-11/h5H,3-4,6-7,11H2,1-2H3,(H,12,13,14). The maximum absolute atomic E-state index is 5.35. The number of hydrogen-bond donors (Lipinski definition) is 2. The molecule has 0 radical (unpaired) electrons. The van der Waals surface area contributed by atoms with E-state index in [1.54, 1.807) is 13.2 Å². The Morgan fingerprint density at radius 1 is 1.50 bits per heavy atom. The van der Waals surface area contributed by atoms with Crippen LogP contribution in [-0.2, 0) is 17.1 Å². The number of nitrogen functional groups attached to an aromatic ring is 1. The van der Waals surface area contributed by atoms with Gasteiger partial charge in [0.1, 0.15) is 11.6 Å². The van der Waals surface area contributed by atoms with Crippen LogP contribution < -0.4 is 11.3 Å². The van der Waals surface area contributed by atoms with Crippen LogP contribution in [0.25, 0.3) is 0 Å². The minimum Gasteiger partial charge on any atom is -0.378 e. The van der Waals surface area contributed by atoms with E-state index in [1.165, 1.54) is 0 Å². The summed E-state index contributed by atoms with van der Waals surface area (Å²) in [4.78, 5) is 8.67. The molecule has 90 valence electrons. The molecule has 1 rings (SSSR count). The van der Waals surface area contributed by atoms with Gasteiger partial charge in [-0.05, 0) is 12.2 Å². The van der Waals surface area contributed by atoms with E-state index in [9.17, 15) is 0 Å². The topological polar surface area (TPSA) is 73.1 Å². The van der Waals surface area contributed by atoms with Gasteiger partial charge in [0.25, 0.3) is 0 Å². The third kappa shape index (κ3) is 4.34. The Morgan fingerprint density at radius 2 is 2.31 bits per heavy atom. The van der Waals surface area contributed by atoms with Crippen LogP contribution in [0, 0.1) is 0 Å². The Morgan fingerprint density at radius 3 is 2.94 bits per heavy atom. The first-order valence-electron chi connectivity index (χ1n) is 5.20. The van der Waals surface area contributed by atoms with E-state index in [1.807, 2.05) is 11.8 Å². The summed E-state index contributed by atoms with van der Waals surface area (Å²) in [5, 5.41) is 0. The Hall–Kier alpha value is -0.850. The molecule has 0 bridgehead atoms. The second kappa shape index (κ2) is 7.43. The molecule has 0 atom stereocenters. The van der Waals surface area contributed by atoms with E-state index >= 15 is 0 Å². The normalized spacial score (nSPS) is 10.4. The van der Waals surface area contributed by atoms with Crippen LogP contribution in [0.5, 0.6) is 0 Å². The Labute approximate surface area is 100 Å². The molecule has 16 heavy (non-hydrogen) atoms. The summed E-state index contributed by atoms with van der Waals surface area (Å²) in [6.07, 6.45) is 1.16. The van der Waals surface area contributed by atoms with E-state index in [0.29, 0.717) is 12.4 Å². The lowest BCUT2D eigenvalue weighted by Gasteiger charge is -2.06. The van der Waals surface area contributed by atoms with Crippen molar-refractivity contribution in [2.75, 3.05) is 18.3 Å². The number of nitrogens with two attached hydrogens (primary N) is 1. The summed E-state index contributed by atoms with van der Waals surface area (Å²) >= 11 is 1.82. The third-order valence-electron chi connectivity index (χ3n) is 1.85. The number of thioether (sulfide) groups is 1. The molecule has 5 nitrogen and oxygen atoms in total. The molecule has 1 aromatic heterocycles. The van der Waals surface area contributed by atoms with Crippen molar-refractivity contribution < 1.29 is 4.74 Å². The molecule has 1 heterocycles. The molecule has 0 aliphatic carbocycles. The molecule has 0 saturated heterocycles. The van der Waals surface area contributed by atoms with Crippen LogP contribution in [0.15, 0.2) is 6.07 Å². The van der Waals surface area contributed by atoms with Gasteiger partial charge in [0, 0.05) is 13.2 Å². The number of anilines is 1. The van der Waals surface area contributed by atoms with Crippen LogP contribution in [0.3, 0.4) is 0 Å². The van der Waals surface area contributed by atoms with Crippen LogP contribution >= 0.6 is 11.8 Å². The fourth-order valence-corrected chi connectivity index (χ4v) is 1.96. The van der Waals surface area contributed by atoms with Gasteiger partial charge >= 0.3 is 0 Å². The number of aromatic nitrogens is 2. The lowest BCUT2D eigenvalue weighted by atomic mass is 10.4. The molecule has 0 aliphatic heterocycles. The first kappa shape index (κ1) is 13.2. The number of rotatable bonds is 7. The summed E-state index contributed by atoms with van der Waals surface area (Å²) in [6, 6.07) is 1.79. The molecule has 0 amide bonds. The maximum atomic E-state index is 5.35. The summed E-state index contributed by atoms with van der Waals surface area (Å²) in [5.74, 6) is 8.70. The van der Waals surface area contributed by atoms with Crippen molar-refractivity contribution in [3.8, 4) is 0 Å². The summed E-state index contributed by atoms with van der Waals surface area (Å²) in [5.41, 5.74) is 3.39. The van der Waals surface area contributed by atoms with Gasteiger partial charge in [-0.15, -0.1) is 0 Å². The molecular weight excluding hydrogens is 224 g/mol. The third-order valence-corrected chi connectivity index (χ3v) is 3.00. The molecule has 0 aliphatic rings. The minimum atomic E-state index is 0.475. The molecule has 0 unspecified atom stereocenters. The highest BCUT2D eigenvalue weighted by Crippen LogP contribution is 2.13. The number of ether oxygens (including phenoxy) is 1. The highest BCUT2D eigenvalue weighted by atomic mass is 32.2. The Balaban J connectivity index is 2.69. The monoisotopic (exact) mass is 242 g/mol. The van der Waals surface area contributed by atoms with E-state index < -0.39 is 0 Å². The molecule has 0 spiro atoms. The van der Waals surface area contributed by atoms with Crippen molar-refractivity contribution in [2.45, 2.75) is 25.7 Å². The van der Waals surface area contributed by atoms with E-state index in [2.05, 4.69) is 22.3 Å². The summed E-state index contributed by atoms with van der Waals surface area (Å²) < 4.78 is 5.04. The zero-order chi connectivity index (χ0) is 11.8. The molecule has 6 heteroatoms. The lowest BCUT2D eigenvalue weighted by Crippen LogP contribution is -2.11. The van der Waals surface area contributed by atoms with Crippen molar-refractivity contribution in [1.82, 2.24) is 9.97 Å². The molecule has 0 aromatic carbocycles. The number of hydrogen-bond acceptors (Lipinski definition) is 6. The van der Waals surface area contributed by atoms with Gasteiger partial charge in [-0.25, -0.2) is 15.8 Å². The second-order valence-electron chi connectivity index (χ2n) is 3.29. The van der Waals surface area contributed by atoms with Crippen molar-refractivity contribution in [1.29, 1.82) is 0 Å². The van der Waals surface area contributed by atoms with Gasteiger partial charge in [-0.1, -0.05) is 6.92 Å². The SMILES string of the molecule is CCCSCc1nc(COC)cc(NN)n1. The molecule has 3 N–H and O–H groups in total. The highest BCUT2D eigenvalue weighted by molar-refractivity contribution is 7.98. The zero-order valence-corrected chi connectivity index (χ0v) is 10.5. The number of nitrogens with one attached hydrogen (secondary N) is 1. The van der Waals surface area contributed by atoms with Gasteiger partial charge in [0.2, 0.25) is 0 Å². The quantitative estimate of drug-likeness (QED) is 0.429.